The number of carbonyl (C=O) groups excluding carboxylic acids is 2. The molecule has 0 aliphatic carbocycles. The van der Waals surface area contributed by atoms with Gasteiger partial charge in [0.05, 0.1) is 11.6 Å². The van der Waals surface area contributed by atoms with Gasteiger partial charge < -0.3 is 14.7 Å². The minimum absolute atomic E-state index is 0.0327. The van der Waals surface area contributed by atoms with E-state index >= 15 is 0 Å². The molecule has 3 heterocycles. The van der Waals surface area contributed by atoms with Gasteiger partial charge in [0.1, 0.15) is 0 Å². The quantitative estimate of drug-likeness (QED) is 0.444. The van der Waals surface area contributed by atoms with Crippen LogP contribution < -0.4 is 5.32 Å². The van der Waals surface area contributed by atoms with E-state index in [9.17, 15) is 9.59 Å². The Bertz CT molecular complexity index is 1270. The van der Waals surface area contributed by atoms with E-state index < -0.39 is 0 Å². The molecule has 0 atom stereocenters. The molecular formula is C27H29Cl2N5O3. The lowest BCUT2D eigenvalue weighted by Gasteiger charge is -2.30. The fourth-order valence-corrected chi connectivity index (χ4v) is 5.42. The molecule has 0 spiro atoms. The Morgan fingerprint density at radius 3 is 2.57 bits per heavy atom. The number of nitrogens with zero attached hydrogens (tertiary/aromatic N) is 4. The Kier molecular flexibility index (Phi) is 8.08. The highest BCUT2D eigenvalue weighted by Crippen LogP contribution is 2.29. The number of hydrogen-bond acceptors (Lipinski definition) is 6. The number of hydrogen-bond donors (Lipinski definition) is 1. The molecule has 2 aromatic carbocycles. The van der Waals surface area contributed by atoms with Crippen molar-refractivity contribution in [1.29, 1.82) is 0 Å². The molecule has 2 saturated heterocycles. The summed E-state index contributed by atoms with van der Waals surface area (Å²) in [5.74, 6) is 1.19. The molecule has 3 aromatic rings. The lowest BCUT2D eigenvalue weighted by Crippen LogP contribution is -2.40. The number of aromatic nitrogens is 2. The summed E-state index contributed by atoms with van der Waals surface area (Å²) >= 11 is 12.2. The van der Waals surface area contributed by atoms with Crippen LogP contribution in [0, 0.1) is 5.92 Å². The molecule has 2 aliphatic rings. The summed E-state index contributed by atoms with van der Waals surface area (Å²) in [6, 6.07) is 13.2. The van der Waals surface area contributed by atoms with E-state index in [-0.39, 0.29) is 17.7 Å². The highest BCUT2D eigenvalue weighted by Gasteiger charge is 2.26. The Morgan fingerprint density at radius 1 is 1.05 bits per heavy atom. The summed E-state index contributed by atoms with van der Waals surface area (Å²) in [7, 11) is 0. The van der Waals surface area contributed by atoms with Gasteiger partial charge in [-0.05, 0) is 61.7 Å². The first kappa shape index (κ1) is 25.7. The number of piperidine rings is 1. The van der Waals surface area contributed by atoms with Gasteiger partial charge in [-0.15, -0.1) is 0 Å². The average molecular weight is 542 g/mol. The molecule has 2 amide bonds. The second-order valence-corrected chi connectivity index (χ2v) is 10.4. The summed E-state index contributed by atoms with van der Waals surface area (Å²) in [5, 5.41) is 8.19. The standard InChI is InChI=1S/C27H29Cl2N5O3/c28-21-7-8-22(23(29)14-21)26-31-24(37-32-26)17-33-12-9-18(10-13-33)27(36)30-15-19-4-1-2-5-20(19)16-34-11-3-6-25(34)35/h1-2,4-5,7-8,14,18H,3,6,9-13,15-17H2,(H,30,36). The van der Waals surface area contributed by atoms with Gasteiger partial charge in [-0.2, -0.15) is 4.98 Å². The number of halogens is 2. The lowest BCUT2D eigenvalue weighted by atomic mass is 9.95. The molecule has 2 fully saturated rings. The topological polar surface area (TPSA) is 91.6 Å². The molecule has 0 saturated carbocycles. The first-order valence-corrected chi connectivity index (χ1v) is 13.3. The van der Waals surface area contributed by atoms with Crippen LogP contribution in [0.1, 0.15) is 42.7 Å². The number of benzene rings is 2. The van der Waals surface area contributed by atoms with Gasteiger partial charge in [0, 0.05) is 42.6 Å². The van der Waals surface area contributed by atoms with Gasteiger partial charge in [0.15, 0.2) is 0 Å². The minimum Gasteiger partial charge on any atom is -0.352 e. The van der Waals surface area contributed by atoms with Gasteiger partial charge in [-0.25, -0.2) is 0 Å². The molecule has 37 heavy (non-hydrogen) atoms. The van der Waals surface area contributed by atoms with Crippen molar-refractivity contribution in [3.8, 4) is 11.4 Å². The fraction of sp³-hybridized carbons (Fsp3) is 0.407. The summed E-state index contributed by atoms with van der Waals surface area (Å²) in [6.07, 6.45) is 3.07. The van der Waals surface area contributed by atoms with Crippen molar-refractivity contribution in [1.82, 2.24) is 25.3 Å². The number of nitrogens with one attached hydrogen (secondary N) is 1. The van der Waals surface area contributed by atoms with E-state index in [0.29, 0.717) is 53.4 Å². The zero-order valence-electron chi connectivity index (χ0n) is 20.5. The number of carbonyl (C=O) groups is 2. The average Bonchev–Trinajstić information content (AvgIpc) is 3.52. The maximum atomic E-state index is 12.9. The van der Waals surface area contributed by atoms with Crippen molar-refractivity contribution in [3.63, 3.8) is 0 Å². The van der Waals surface area contributed by atoms with Gasteiger partial charge >= 0.3 is 0 Å². The minimum atomic E-state index is -0.0327. The van der Waals surface area contributed by atoms with Crippen molar-refractivity contribution in [3.05, 3.63) is 69.5 Å². The molecule has 10 heteroatoms. The third-order valence-electron chi connectivity index (χ3n) is 7.06. The first-order valence-electron chi connectivity index (χ1n) is 12.6. The lowest BCUT2D eigenvalue weighted by molar-refractivity contribution is -0.128. The second kappa shape index (κ2) is 11.6. The number of likely N-dealkylation sites (tertiary alicyclic amines) is 2. The SMILES string of the molecule is O=C(NCc1ccccc1CN1CCCC1=O)C1CCN(Cc2nc(-c3ccc(Cl)cc3Cl)no2)CC1. The second-order valence-electron chi connectivity index (χ2n) is 9.59. The van der Waals surface area contributed by atoms with E-state index in [2.05, 4.69) is 20.4 Å². The Labute approximate surface area is 225 Å². The maximum absolute atomic E-state index is 12.9. The van der Waals surface area contributed by atoms with Crippen LogP contribution in [0.15, 0.2) is 47.0 Å². The van der Waals surface area contributed by atoms with Crippen molar-refractivity contribution in [2.75, 3.05) is 19.6 Å². The largest absolute Gasteiger partial charge is 0.352 e. The van der Waals surface area contributed by atoms with E-state index in [1.54, 1.807) is 18.2 Å². The molecule has 1 aromatic heterocycles. The van der Waals surface area contributed by atoms with E-state index in [1.807, 2.05) is 29.2 Å². The molecular weight excluding hydrogens is 513 g/mol. The maximum Gasteiger partial charge on any atom is 0.241 e. The third-order valence-corrected chi connectivity index (χ3v) is 7.61. The van der Waals surface area contributed by atoms with Crippen LogP contribution in [-0.2, 0) is 29.2 Å². The third kappa shape index (κ3) is 6.32. The van der Waals surface area contributed by atoms with Crippen molar-refractivity contribution in [2.24, 2.45) is 5.92 Å². The Balaban J connectivity index is 1.10. The van der Waals surface area contributed by atoms with Gasteiger partial charge in [0.25, 0.3) is 0 Å². The normalized spacial score (nSPS) is 16.9. The monoisotopic (exact) mass is 541 g/mol. The molecule has 1 N–H and O–H groups in total. The first-order chi connectivity index (χ1) is 18.0. The highest BCUT2D eigenvalue weighted by atomic mass is 35.5. The van der Waals surface area contributed by atoms with Crippen molar-refractivity contribution >= 4 is 35.0 Å². The van der Waals surface area contributed by atoms with Crippen molar-refractivity contribution in [2.45, 2.75) is 45.3 Å². The van der Waals surface area contributed by atoms with Crippen LogP contribution in [0.3, 0.4) is 0 Å². The number of amides is 2. The van der Waals surface area contributed by atoms with Gasteiger partial charge in [0.2, 0.25) is 23.5 Å². The smallest absolute Gasteiger partial charge is 0.241 e. The van der Waals surface area contributed by atoms with Gasteiger partial charge in [-0.3, -0.25) is 14.5 Å². The van der Waals surface area contributed by atoms with E-state index in [4.69, 9.17) is 27.7 Å². The van der Waals surface area contributed by atoms with Crippen LogP contribution in [-0.4, -0.2) is 51.4 Å². The molecule has 5 rings (SSSR count). The fourth-order valence-electron chi connectivity index (χ4n) is 4.93. The molecule has 0 radical (unpaired) electrons. The Morgan fingerprint density at radius 2 is 1.84 bits per heavy atom. The van der Waals surface area contributed by atoms with Crippen LogP contribution in [0.5, 0.6) is 0 Å². The van der Waals surface area contributed by atoms with Crippen LogP contribution in [0.25, 0.3) is 11.4 Å². The van der Waals surface area contributed by atoms with Crippen LogP contribution in [0.2, 0.25) is 10.0 Å². The van der Waals surface area contributed by atoms with E-state index in [1.165, 1.54) is 0 Å². The van der Waals surface area contributed by atoms with Crippen LogP contribution >= 0.6 is 23.2 Å². The van der Waals surface area contributed by atoms with Crippen molar-refractivity contribution < 1.29 is 14.1 Å². The van der Waals surface area contributed by atoms with Crippen LogP contribution in [0.4, 0.5) is 0 Å². The Hall–Kier alpha value is -2.94. The number of rotatable bonds is 8. The zero-order chi connectivity index (χ0) is 25.8. The highest BCUT2D eigenvalue weighted by molar-refractivity contribution is 6.36. The van der Waals surface area contributed by atoms with E-state index in [0.717, 1.165) is 50.0 Å². The molecule has 0 bridgehead atoms. The summed E-state index contributed by atoms with van der Waals surface area (Å²) in [4.78, 5) is 33.5. The summed E-state index contributed by atoms with van der Waals surface area (Å²) in [5.41, 5.74) is 2.82. The zero-order valence-corrected chi connectivity index (χ0v) is 22.0. The van der Waals surface area contributed by atoms with Gasteiger partial charge in [-0.1, -0.05) is 52.6 Å². The molecule has 8 nitrogen and oxygen atoms in total. The predicted octanol–water partition coefficient (Wildman–Crippen LogP) is 4.69. The summed E-state index contributed by atoms with van der Waals surface area (Å²) < 4.78 is 5.44. The summed E-state index contributed by atoms with van der Waals surface area (Å²) in [6.45, 7) is 3.93. The molecule has 0 unspecified atom stereocenters. The molecule has 2 aliphatic heterocycles. The molecule has 194 valence electrons. The predicted molar refractivity (Wildman–Crippen MR) is 141 cm³/mol.